The predicted octanol–water partition coefficient (Wildman–Crippen LogP) is 5.03. The zero-order valence-electron chi connectivity index (χ0n) is 31.4. The summed E-state index contributed by atoms with van der Waals surface area (Å²) in [5, 5.41) is 58.4. The Kier molecular flexibility index (Phi) is 9.80. The van der Waals surface area contributed by atoms with E-state index in [-0.39, 0.29) is 23.9 Å². The molecule has 0 aromatic carbocycles. The van der Waals surface area contributed by atoms with Crippen molar-refractivity contribution in [3.8, 4) is 0 Å². The third-order valence-electron chi connectivity index (χ3n) is 15.5. The lowest BCUT2D eigenvalue weighted by Crippen LogP contribution is -2.76. The number of aliphatic hydroxyl groups is 5. The first-order valence-electron chi connectivity index (χ1n) is 18.4. The lowest BCUT2D eigenvalue weighted by atomic mass is 9.32. The van der Waals surface area contributed by atoms with Gasteiger partial charge in [0.25, 0.3) is 0 Å². The van der Waals surface area contributed by atoms with Crippen LogP contribution in [0.25, 0.3) is 0 Å². The second-order valence-electron chi connectivity index (χ2n) is 17.9. The third kappa shape index (κ3) is 5.02. The maximum atomic E-state index is 13.5. The molecule has 9 nitrogen and oxygen atoms in total. The van der Waals surface area contributed by atoms with E-state index in [4.69, 9.17) is 9.47 Å². The first-order valence-corrected chi connectivity index (χ1v) is 18.4. The summed E-state index contributed by atoms with van der Waals surface area (Å²) in [5.41, 5.74) is -2.90. The van der Waals surface area contributed by atoms with Gasteiger partial charge in [0.05, 0.1) is 36.9 Å². The van der Waals surface area contributed by atoms with Crippen LogP contribution in [-0.2, 0) is 19.1 Å². The highest BCUT2D eigenvalue weighted by atomic mass is 16.6. The van der Waals surface area contributed by atoms with Crippen molar-refractivity contribution in [2.75, 3.05) is 13.2 Å². The second-order valence-corrected chi connectivity index (χ2v) is 17.9. The SMILES string of the molecule is C/C=C(/C)C(=O)O[C@H]1[C@H](OC(=O)/C(C)=C\C)[C@]2(CO)[C@H](O)[C@H](O)[C@]3(C)C(=CC[C@@H]4[C@@]5(C)CC[C@H](O)[C@](C)(CO)[C@@H]5CC[C@]43C)[C@@H]2CC1(C)C. The summed E-state index contributed by atoms with van der Waals surface area (Å²) < 4.78 is 12.4. The molecule has 0 spiro atoms. The highest BCUT2D eigenvalue weighted by Crippen LogP contribution is 2.76. The summed E-state index contributed by atoms with van der Waals surface area (Å²) in [7, 11) is 0. The van der Waals surface area contributed by atoms with Crippen LogP contribution in [0, 0.1) is 50.2 Å². The van der Waals surface area contributed by atoms with Crippen LogP contribution in [0.4, 0.5) is 0 Å². The second kappa shape index (κ2) is 12.6. The van der Waals surface area contributed by atoms with E-state index in [1.54, 1.807) is 39.8 Å². The van der Waals surface area contributed by atoms with E-state index < -0.39 is 82.1 Å². The van der Waals surface area contributed by atoms with Gasteiger partial charge in [0.1, 0.15) is 6.10 Å². The van der Waals surface area contributed by atoms with E-state index in [1.807, 2.05) is 20.8 Å². The van der Waals surface area contributed by atoms with Crippen LogP contribution in [0.3, 0.4) is 0 Å². The number of carbonyl (C=O) groups excluding carboxylic acids is 2. The molecule has 5 rings (SSSR count). The Morgan fingerprint density at radius 1 is 0.816 bits per heavy atom. The molecule has 9 heteroatoms. The molecule has 0 aliphatic heterocycles. The van der Waals surface area contributed by atoms with Crippen molar-refractivity contribution in [1.82, 2.24) is 0 Å². The summed E-state index contributed by atoms with van der Waals surface area (Å²) in [6.45, 7) is 18.6. The Labute approximate surface area is 292 Å². The number of esters is 2. The van der Waals surface area contributed by atoms with Gasteiger partial charge in [0.15, 0.2) is 6.10 Å². The first kappa shape index (κ1) is 38.2. The Morgan fingerprint density at radius 3 is 1.92 bits per heavy atom. The highest BCUT2D eigenvalue weighted by molar-refractivity contribution is 5.88. The van der Waals surface area contributed by atoms with E-state index in [2.05, 4.69) is 26.8 Å². The van der Waals surface area contributed by atoms with Gasteiger partial charge in [-0.05, 0) is 94.8 Å². The monoisotopic (exact) mass is 686 g/mol. The normalized spacial score (nSPS) is 47.9. The molecule has 0 aromatic heterocycles. The van der Waals surface area contributed by atoms with Crippen molar-refractivity contribution < 1.29 is 44.6 Å². The number of hydrogen-bond donors (Lipinski definition) is 5. The molecular weight excluding hydrogens is 624 g/mol. The van der Waals surface area contributed by atoms with Gasteiger partial charge in [-0.2, -0.15) is 0 Å². The van der Waals surface area contributed by atoms with Gasteiger partial charge in [-0.25, -0.2) is 9.59 Å². The Hall–Kier alpha value is -2.04. The van der Waals surface area contributed by atoms with Gasteiger partial charge in [-0.15, -0.1) is 0 Å². The minimum absolute atomic E-state index is 0.0795. The van der Waals surface area contributed by atoms with Gasteiger partial charge in [-0.1, -0.05) is 65.3 Å². The molecule has 5 N–H and O–H groups in total. The maximum absolute atomic E-state index is 13.5. The van der Waals surface area contributed by atoms with Crippen molar-refractivity contribution in [2.24, 2.45) is 50.2 Å². The Bertz CT molecular complexity index is 1430. The quantitative estimate of drug-likeness (QED) is 0.147. The molecule has 0 amide bonds. The zero-order valence-corrected chi connectivity index (χ0v) is 31.4. The zero-order chi connectivity index (χ0) is 36.7. The van der Waals surface area contributed by atoms with Crippen molar-refractivity contribution >= 4 is 11.9 Å². The van der Waals surface area contributed by atoms with E-state index in [0.29, 0.717) is 30.4 Å². The molecule has 5 aliphatic carbocycles. The standard InChI is InChI=1S/C40H62O9/c1-11-22(3)33(46)48-31-32(49-34(47)23(4)12-2)40(21-42)25(19-35(31,5)6)24-13-14-27-36(7)17-16-28(43)37(8,20-41)26(36)15-18-38(27,9)39(24,10)29(44)30(40)45/h11-13,25-32,41-45H,14-21H2,1-10H3/b22-11-,23-12-/t25-,26+,27+,28-,29-,30+,31-,32-,36-,37+,38+,39-,40-/m0/s1. The van der Waals surface area contributed by atoms with Crippen LogP contribution in [-0.4, -0.2) is 81.2 Å². The van der Waals surface area contributed by atoms with Crippen molar-refractivity contribution in [2.45, 2.75) is 138 Å². The smallest absolute Gasteiger partial charge is 0.333 e. The largest absolute Gasteiger partial charge is 0.454 e. The molecular formula is C40H62O9. The summed E-state index contributed by atoms with van der Waals surface area (Å²) >= 11 is 0. The van der Waals surface area contributed by atoms with E-state index in [9.17, 15) is 35.1 Å². The fourth-order valence-electron chi connectivity index (χ4n) is 12.0. The molecule has 0 unspecified atom stereocenters. The number of ether oxygens (including phenoxy) is 2. The van der Waals surface area contributed by atoms with Gasteiger partial charge in [0, 0.05) is 27.4 Å². The number of allylic oxidation sites excluding steroid dienone is 3. The summed E-state index contributed by atoms with van der Waals surface area (Å²) in [6, 6.07) is 0. The minimum Gasteiger partial charge on any atom is -0.454 e. The molecule has 13 atom stereocenters. The topological polar surface area (TPSA) is 154 Å². The molecule has 4 saturated carbocycles. The lowest BCUT2D eigenvalue weighted by Gasteiger charge is -2.73. The lowest BCUT2D eigenvalue weighted by molar-refractivity contribution is -0.293. The first-order chi connectivity index (χ1) is 22.7. The molecule has 0 aromatic rings. The molecule has 4 fully saturated rings. The van der Waals surface area contributed by atoms with Crippen molar-refractivity contribution in [3.05, 3.63) is 34.9 Å². The van der Waals surface area contributed by atoms with Crippen LogP contribution in [0.5, 0.6) is 0 Å². The molecule has 0 heterocycles. The number of carbonyl (C=O) groups is 2. The minimum atomic E-state index is -1.56. The summed E-state index contributed by atoms with van der Waals surface area (Å²) in [6.07, 6.45) is 3.73. The van der Waals surface area contributed by atoms with Crippen LogP contribution < -0.4 is 0 Å². The molecule has 0 radical (unpaired) electrons. The Balaban J connectivity index is 1.69. The van der Waals surface area contributed by atoms with Gasteiger partial charge >= 0.3 is 11.9 Å². The maximum Gasteiger partial charge on any atom is 0.333 e. The number of fused-ring (bicyclic) bond motifs is 7. The molecule has 5 aliphatic rings. The predicted molar refractivity (Wildman–Crippen MR) is 186 cm³/mol. The van der Waals surface area contributed by atoms with Crippen LogP contribution >= 0.6 is 0 Å². The van der Waals surface area contributed by atoms with Crippen LogP contribution in [0.1, 0.15) is 108 Å². The fraction of sp³-hybridized carbons (Fsp3) is 0.800. The highest BCUT2D eigenvalue weighted by Gasteiger charge is 2.76. The van der Waals surface area contributed by atoms with E-state index >= 15 is 0 Å². The van der Waals surface area contributed by atoms with Crippen LogP contribution in [0.15, 0.2) is 34.9 Å². The number of rotatable bonds is 6. The third-order valence-corrected chi connectivity index (χ3v) is 15.5. The van der Waals surface area contributed by atoms with Crippen molar-refractivity contribution in [1.29, 1.82) is 0 Å². The average molecular weight is 687 g/mol. The van der Waals surface area contributed by atoms with Gasteiger partial charge in [-0.3, -0.25) is 0 Å². The van der Waals surface area contributed by atoms with Crippen LogP contribution in [0.2, 0.25) is 0 Å². The summed E-state index contributed by atoms with van der Waals surface area (Å²) in [5.74, 6) is -1.55. The summed E-state index contributed by atoms with van der Waals surface area (Å²) in [4.78, 5) is 26.8. The molecule has 276 valence electrons. The van der Waals surface area contributed by atoms with Gasteiger partial charge < -0.3 is 35.0 Å². The van der Waals surface area contributed by atoms with E-state index in [1.165, 1.54) is 0 Å². The van der Waals surface area contributed by atoms with Crippen molar-refractivity contribution in [3.63, 3.8) is 0 Å². The Morgan fingerprint density at radius 2 is 1.39 bits per heavy atom. The molecule has 49 heavy (non-hydrogen) atoms. The van der Waals surface area contributed by atoms with E-state index in [0.717, 1.165) is 24.8 Å². The fourth-order valence-corrected chi connectivity index (χ4v) is 12.0. The number of hydrogen-bond acceptors (Lipinski definition) is 9. The molecule has 0 saturated heterocycles. The van der Waals surface area contributed by atoms with Gasteiger partial charge in [0.2, 0.25) is 0 Å². The molecule has 0 bridgehead atoms. The number of aliphatic hydroxyl groups excluding tert-OH is 5. The average Bonchev–Trinajstić information content (AvgIpc) is 3.06.